The molecule has 19 heavy (non-hydrogen) atoms. The van der Waals surface area contributed by atoms with Crippen molar-refractivity contribution < 1.29 is 4.74 Å². The molecule has 0 aliphatic heterocycles. The highest BCUT2D eigenvalue weighted by Crippen LogP contribution is 2.30. The van der Waals surface area contributed by atoms with Gasteiger partial charge in [0.05, 0.1) is 11.7 Å². The van der Waals surface area contributed by atoms with E-state index >= 15 is 0 Å². The zero-order valence-electron chi connectivity index (χ0n) is 11.7. The van der Waals surface area contributed by atoms with Crippen LogP contribution < -0.4 is 5.32 Å². The second-order valence-corrected chi connectivity index (χ2v) is 4.47. The van der Waals surface area contributed by atoms with Gasteiger partial charge in [0.15, 0.2) is 0 Å². The number of likely N-dealkylation sites (N-methyl/N-ethyl adjacent to an activating group) is 1. The average molecular weight is 259 g/mol. The summed E-state index contributed by atoms with van der Waals surface area (Å²) in [6.45, 7) is 2.69. The summed E-state index contributed by atoms with van der Waals surface area (Å²) < 4.78 is 7.75. The zero-order chi connectivity index (χ0) is 13.7. The quantitative estimate of drug-likeness (QED) is 0.866. The van der Waals surface area contributed by atoms with Crippen LogP contribution in [-0.2, 0) is 11.8 Å². The van der Waals surface area contributed by atoms with E-state index in [4.69, 9.17) is 4.74 Å². The van der Waals surface area contributed by atoms with Gasteiger partial charge in [0.25, 0.3) is 0 Å². The summed E-state index contributed by atoms with van der Waals surface area (Å²) >= 11 is 0. The van der Waals surface area contributed by atoms with Gasteiger partial charge >= 0.3 is 0 Å². The molecule has 2 aromatic rings. The number of hydrogen-bond acceptors (Lipinski definition) is 3. The van der Waals surface area contributed by atoms with Crippen molar-refractivity contribution in [3.8, 4) is 0 Å². The molecule has 0 fully saturated rings. The largest absolute Gasteiger partial charge is 0.372 e. The molecule has 4 heteroatoms. The van der Waals surface area contributed by atoms with Crippen molar-refractivity contribution >= 4 is 0 Å². The first kappa shape index (κ1) is 13.8. The van der Waals surface area contributed by atoms with Gasteiger partial charge in [0.1, 0.15) is 6.10 Å². The molecule has 1 aromatic heterocycles. The van der Waals surface area contributed by atoms with Crippen molar-refractivity contribution in [1.29, 1.82) is 0 Å². The number of rotatable bonds is 6. The fourth-order valence-electron chi connectivity index (χ4n) is 2.26. The third-order valence-electron chi connectivity index (χ3n) is 3.14. The monoisotopic (exact) mass is 259 g/mol. The van der Waals surface area contributed by atoms with Crippen LogP contribution in [0.1, 0.15) is 30.3 Å². The molecule has 0 radical (unpaired) electrons. The summed E-state index contributed by atoms with van der Waals surface area (Å²) in [5, 5.41) is 7.80. The van der Waals surface area contributed by atoms with Gasteiger partial charge in [-0.15, -0.1) is 0 Å². The van der Waals surface area contributed by atoms with Gasteiger partial charge in [0, 0.05) is 19.9 Å². The Hall–Kier alpha value is -1.65. The maximum Gasteiger partial charge on any atom is 0.103 e. The lowest BCUT2D eigenvalue weighted by Gasteiger charge is -2.25. The fourth-order valence-corrected chi connectivity index (χ4v) is 2.26. The van der Waals surface area contributed by atoms with Gasteiger partial charge in [0.2, 0.25) is 0 Å². The highest BCUT2D eigenvalue weighted by molar-refractivity contribution is 5.22. The Morgan fingerprint density at radius 3 is 2.53 bits per heavy atom. The van der Waals surface area contributed by atoms with E-state index in [-0.39, 0.29) is 12.1 Å². The fraction of sp³-hybridized carbons (Fsp3) is 0.400. The van der Waals surface area contributed by atoms with E-state index < -0.39 is 0 Å². The Balaban J connectivity index is 2.31. The number of aromatic nitrogens is 2. The topological polar surface area (TPSA) is 39.1 Å². The molecule has 1 aromatic carbocycles. The molecule has 0 saturated heterocycles. The first-order chi connectivity index (χ1) is 9.26. The van der Waals surface area contributed by atoms with Crippen LogP contribution in [0.2, 0.25) is 0 Å². The van der Waals surface area contributed by atoms with Crippen molar-refractivity contribution in [2.75, 3.05) is 13.7 Å². The standard InChI is InChI=1S/C15H21N3O/c1-4-19-15(12-8-6-5-7-9-12)14(16-2)13-10-11-18(3)17-13/h5-11,14-16H,4H2,1-3H3. The van der Waals surface area contributed by atoms with E-state index in [2.05, 4.69) is 22.5 Å². The summed E-state index contributed by atoms with van der Waals surface area (Å²) in [6, 6.07) is 12.3. The number of ether oxygens (including phenoxy) is 1. The number of nitrogens with one attached hydrogen (secondary N) is 1. The van der Waals surface area contributed by atoms with Crippen LogP contribution in [0.25, 0.3) is 0 Å². The molecule has 0 spiro atoms. The SMILES string of the molecule is CCOC(c1ccccc1)C(NC)c1ccn(C)n1. The van der Waals surface area contributed by atoms with Gasteiger partial charge in [-0.2, -0.15) is 5.10 Å². The van der Waals surface area contributed by atoms with Crippen LogP contribution in [0.3, 0.4) is 0 Å². The lowest BCUT2D eigenvalue weighted by atomic mass is 9.99. The minimum Gasteiger partial charge on any atom is -0.372 e. The average Bonchev–Trinajstić information content (AvgIpc) is 2.86. The highest BCUT2D eigenvalue weighted by atomic mass is 16.5. The predicted molar refractivity (Wildman–Crippen MR) is 75.8 cm³/mol. The second-order valence-electron chi connectivity index (χ2n) is 4.47. The van der Waals surface area contributed by atoms with Crippen LogP contribution >= 0.6 is 0 Å². The van der Waals surface area contributed by atoms with Gasteiger partial charge in [-0.1, -0.05) is 30.3 Å². The highest BCUT2D eigenvalue weighted by Gasteiger charge is 2.25. The summed E-state index contributed by atoms with van der Waals surface area (Å²) in [6.07, 6.45) is 1.92. The van der Waals surface area contributed by atoms with Gasteiger partial charge in [-0.3, -0.25) is 4.68 Å². The van der Waals surface area contributed by atoms with E-state index in [0.29, 0.717) is 6.61 Å². The summed E-state index contributed by atoms with van der Waals surface area (Å²) in [5.74, 6) is 0. The van der Waals surface area contributed by atoms with Crippen molar-refractivity contribution in [2.45, 2.75) is 19.1 Å². The molecule has 0 amide bonds. The first-order valence-corrected chi connectivity index (χ1v) is 6.59. The number of hydrogen-bond donors (Lipinski definition) is 1. The molecule has 4 nitrogen and oxygen atoms in total. The number of nitrogens with zero attached hydrogens (tertiary/aromatic N) is 2. The molecule has 0 aliphatic rings. The lowest BCUT2D eigenvalue weighted by molar-refractivity contribution is 0.0335. The number of aryl methyl sites for hydroxylation is 1. The first-order valence-electron chi connectivity index (χ1n) is 6.59. The molecule has 2 unspecified atom stereocenters. The van der Waals surface area contributed by atoms with Crippen LogP contribution in [0, 0.1) is 0 Å². The van der Waals surface area contributed by atoms with E-state index in [9.17, 15) is 0 Å². The third kappa shape index (κ3) is 3.22. The van der Waals surface area contributed by atoms with Crippen molar-refractivity contribution in [2.24, 2.45) is 7.05 Å². The maximum atomic E-state index is 5.93. The molecule has 2 atom stereocenters. The normalized spacial score (nSPS) is 14.3. The van der Waals surface area contributed by atoms with Crippen LogP contribution in [0.4, 0.5) is 0 Å². The number of benzene rings is 1. The summed E-state index contributed by atoms with van der Waals surface area (Å²) in [5.41, 5.74) is 2.15. The molecule has 102 valence electrons. The maximum absolute atomic E-state index is 5.93. The van der Waals surface area contributed by atoms with Gasteiger partial charge < -0.3 is 10.1 Å². The van der Waals surface area contributed by atoms with Gasteiger partial charge in [-0.25, -0.2) is 0 Å². The molecule has 1 N–H and O–H groups in total. The Morgan fingerprint density at radius 2 is 2.00 bits per heavy atom. The summed E-state index contributed by atoms with van der Waals surface area (Å²) in [4.78, 5) is 0. The zero-order valence-corrected chi connectivity index (χ0v) is 11.7. The van der Waals surface area contributed by atoms with Crippen molar-refractivity contribution in [1.82, 2.24) is 15.1 Å². The molecular weight excluding hydrogens is 238 g/mol. The third-order valence-corrected chi connectivity index (χ3v) is 3.14. The predicted octanol–water partition coefficient (Wildman–Crippen LogP) is 2.46. The molecule has 0 saturated carbocycles. The second kappa shape index (κ2) is 6.50. The Labute approximate surface area is 114 Å². The van der Waals surface area contributed by atoms with E-state index in [1.54, 1.807) is 0 Å². The van der Waals surface area contributed by atoms with Crippen LogP contribution in [0.15, 0.2) is 42.6 Å². The molecule has 1 heterocycles. The van der Waals surface area contributed by atoms with Gasteiger partial charge in [-0.05, 0) is 25.6 Å². The Kier molecular flexibility index (Phi) is 4.71. The minimum atomic E-state index is -0.0360. The molecule has 2 rings (SSSR count). The Morgan fingerprint density at radius 1 is 1.26 bits per heavy atom. The lowest BCUT2D eigenvalue weighted by Crippen LogP contribution is -2.26. The molecule has 0 aliphatic carbocycles. The van der Waals surface area contributed by atoms with E-state index in [1.165, 1.54) is 0 Å². The van der Waals surface area contributed by atoms with Crippen LogP contribution in [0.5, 0.6) is 0 Å². The van der Waals surface area contributed by atoms with Crippen molar-refractivity contribution in [3.05, 3.63) is 53.9 Å². The Bertz CT molecular complexity index is 495. The smallest absolute Gasteiger partial charge is 0.103 e. The van der Waals surface area contributed by atoms with Crippen molar-refractivity contribution in [3.63, 3.8) is 0 Å². The summed E-state index contributed by atoms with van der Waals surface area (Å²) in [7, 11) is 3.86. The van der Waals surface area contributed by atoms with E-state index in [1.807, 2.05) is 56.2 Å². The molecule has 0 bridgehead atoms. The minimum absolute atomic E-state index is 0.0360. The van der Waals surface area contributed by atoms with Crippen LogP contribution in [-0.4, -0.2) is 23.4 Å². The van der Waals surface area contributed by atoms with E-state index in [0.717, 1.165) is 11.3 Å². The molecular formula is C15H21N3O.